The van der Waals surface area contributed by atoms with E-state index in [4.69, 9.17) is 4.74 Å². The quantitative estimate of drug-likeness (QED) is 0.626. The molecular formula is C21H22F3N5O2. The lowest BCUT2D eigenvalue weighted by Crippen LogP contribution is -2.39. The number of amides is 1. The summed E-state index contributed by atoms with van der Waals surface area (Å²) in [4.78, 5) is 14.6. The summed E-state index contributed by atoms with van der Waals surface area (Å²) >= 11 is 0. The SMILES string of the molecule is COc1ccc(C)cc1-n1ccc(C(=O)N2CCC(n3ccc(C(F)(F)F)n3)CC2)n1. The molecule has 0 unspecified atom stereocenters. The average molecular weight is 433 g/mol. The number of carbonyl (C=O) groups is 1. The fraction of sp³-hybridized carbons (Fsp3) is 0.381. The molecule has 0 atom stereocenters. The lowest BCUT2D eigenvalue weighted by atomic mass is 10.1. The van der Waals surface area contributed by atoms with Crippen molar-refractivity contribution in [2.45, 2.75) is 32.0 Å². The van der Waals surface area contributed by atoms with Gasteiger partial charge >= 0.3 is 6.18 Å². The topological polar surface area (TPSA) is 65.2 Å². The highest BCUT2D eigenvalue weighted by molar-refractivity contribution is 5.92. The molecule has 1 amide bonds. The summed E-state index contributed by atoms with van der Waals surface area (Å²) in [6.07, 6.45) is -0.351. The van der Waals surface area contributed by atoms with Crippen molar-refractivity contribution in [3.8, 4) is 11.4 Å². The molecule has 7 nitrogen and oxygen atoms in total. The number of ether oxygens (including phenoxy) is 1. The van der Waals surface area contributed by atoms with Gasteiger partial charge < -0.3 is 9.64 Å². The van der Waals surface area contributed by atoms with Crippen LogP contribution in [0.4, 0.5) is 13.2 Å². The van der Waals surface area contributed by atoms with Crippen LogP contribution in [0.3, 0.4) is 0 Å². The molecule has 31 heavy (non-hydrogen) atoms. The van der Waals surface area contributed by atoms with Gasteiger partial charge in [-0.15, -0.1) is 0 Å². The first-order valence-electron chi connectivity index (χ1n) is 9.88. The molecule has 2 aromatic heterocycles. The Morgan fingerprint density at radius 3 is 2.48 bits per heavy atom. The molecule has 164 valence electrons. The second-order valence-corrected chi connectivity index (χ2v) is 7.52. The predicted molar refractivity (Wildman–Crippen MR) is 106 cm³/mol. The van der Waals surface area contributed by atoms with Crippen LogP contribution in [0.25, 0.3) is 5.69 Å². The van der Waals surface area contributed by atoms with Gasteiger partial charge in [-0.2, -0.15) is 23.4 Å². The van der Waals surface area contributed by atoms with E-state index in [1.54, 1.807) is 29.0 Å². The maximum absolute atomic E-state index is 12.9. The largest absolute Gasteiger partial charge is 0.494 e. The van der Waals surface area contributed by atoms with Crippen LogP contribution < -0.4 is 4.74 Å². The van der Waals surface area contributed by atoms with Crippen molar-refractivity contribution in [1.82, 2.24) is 24.5 Å². The molecular weight excluding hydrogens is 411 g/mol. The third-order valence-electron chi connectivity index (χ3n) is 5.41. The first-order chi connectivity index (χ1) is 14.8. The molecule has 1 saturated heterocycles. The van der Waals surface area contributed by atoms with Gasteiger partial charge in [0.1, 0.15) is 11.4 Å². The van der Waals surface area contributed by atoms with E-state index in [1.165, 1.54) is 10.9 Å². The van der Waals surface area contributed by atoms with Gasteiger partial charge in [-0.25, -0.2) is 4.68 Å². The number of carbonyl (C=O) groups excluding carboxylic acids is 1. The van der Waals surface area contributed by atoms with Crippen LogP contribution in [-0.2, 0) is 6.18 Å². The Balaban J connectivity index is 1.43. The smallest absolute Gasteiger partial charge is 0.435 e. The fourth-order valence-corrected chi connectivity index (χ4v) is 3.74. The van der Waals surface area contributed by atoms with Gasteiger partial charge in [-0.1, -0.05) is 6.07 Å². The van der Waals surface area contributed by atoms with E-state index in [9.17, 15) is 18.0 Å². The maximum atomic E-state index is 12.9. The molecule has 1 aliphatic rings. The Bertz CT molecular complexity index is 1080. The van der Waals surface area contributed by atoms with Gasteiger partial charge in [0.25, 0.3) is 5.91 Å². The molecule has 4 rings (SSSR count). The Labute approximate surface area is 177 Å². The first kappa shape index (κ1) is 21.0. The number of rotatable bonds is 4. The van der Waals surface area contributed by atoms with E-state index < -0.39 is 11.9 Å². The van der Waals surface area contributed by atoms with Crippen LogP contribution in [0.5, 0.6) is 5.75 Å². The standard InChI is InChI=1S/C21H22F3N5O2/c1-14-3-4-18(31-2)17(13-14)29-11-7-16(25-29)20(30)27-9-5-15(6-10-27)28-12-8-19(26-28)21(22,23)24/h3-4,7-8,11-13,15H,5-6,9-10H2,1-2H3. The summed E-state index contributed by atoms with van der Waals surface area (Å²) in [5.41, 5.74) is 1.18. The Hall–Kier alpha value is -3.30. The summed E-state index contributed by atoms with van der Waals surface area (Å²) in [5, 5.41) is 8.07. The molecule has 1 aromatic carbocycles. The molecule has 3 aromatic rings. The van der Waals surface area contributed by atoms with Crippen molar-refractivity contribution in [2.75, 3.05) is 20.2 Å². The van der Waals surface area contributed by atoms with Crippen molar-refractivity contribution >= 4 is 5.91 Å². The van der Waals surface area contributed by atoms with Gasteiger partial charge in [-0.05, 0) is 49.6 Å². The van der Waals surface area contributed by atoms with Crippen molar-refractivity contribution in [1.29, 1.82) is 0 Å². The average Bonchev–Trinajstić information content (AvgIpc) is 3.43. The minimum absolute atomic E-state index is 0.172. The number of alkyl halides is 3. The Kier molecular flexibility index (Phi) is 5.47. The number of likely N-dealkylation sites (tertiary alicyclic amines) is 1. The van der Waals surface area contributed by atoms with Crippen LogP contribution in [0.2, 0.25) is 0 Å². The third-order valence-corrected chi connectivity index (χ3v) is 5.41. The van der Waals surface area contributed by atoms with Crippen LogP contribution >= 0.6 is 0 Å². The minimum Gasteiger partial charge on any atom is -0.494 e. The van der Waals surface area contributed by atoms with Crippen molar-refractivity contribution in [3.05, 3.63) is 59.7 Å². The molecule has 1 fully saturated rings. The number of hydrogen-bond acceptors (Lipinski definition) is 4. The maximum Gasteiger partial charge on any atom is 0.435 e. The summed E-state index contributed by atoms with van der Waals surface area (Å²) < 4.78 is 46.7. The van der Waals surface area contributed by atoms with Crippen LogP contribution in [-0.4, -0.2) is 50.6 Å². The van der Waals surface area contributed by atoms with Crippen molar-refractivity contribution in [3.63, 3.8) is 0 Å². The normalized spacial score (nSPS) is 15.3. The van der Waals surface area contributed by atoms with E-state index in [2.05, 4.69) is 10.2 Å². The number of aromatic nitrogens is 4. The van der Waals surface area contributed by atoms with Gasteiger partial charge in [-0.3, -0.25) is 9.48 Å². The molecule has 1 aliphatic heterocycles. The van der Waals surface area contributed by atoms with Gasteiger partial charge in [0.15, 0.2) is 11.4 Å². The number of aryl methyl sites for hydroxylation is 1. The molecule has 0 aliphatic carbocycles. The minimum atomic E-state index is -4.46. The zero-order chi connectivity index (χ0) is 22.2. The van der Waals surface area contributed by atoms with Crippen LogP contribution in [0, 0.1) is 6.92 Å². The van der Waals surface area contributed by atoms with Crippen molar-refractivity contribution in [2.24, 2.45) is 0 Å². The summed E-state index contributed by atoms with van der Waals surface area (Å²) in [6, 6.07) is 8.15. The lowest BCUT2D eigenvalue weighted by molar-refractivity contribution is -0.141. The lowest BCUT2D eigenvalue weighted by Gasteiger charge is -2.31. The Morgan fingerprint density at radius 2 is 1.84 bits per heavy atom. The first-order valence-corrected chi connectivity index (χ1v) is 9.88. The van der Waals surface area contributed by atoms with Crippen molar-refractivity contribution < 1.29 is 22.7 Å². The molecule has 0 saturated carbocycles. The number of halogens is 3. The molecule has 0 spiro atoms. The monoisotopic (exact) mass is 433 g/mol. The highest BCUT2D eigenvalue weighted by atomic mass is 19.4. The van der Waals surface area contributed by atoms with Gasteiger partial charge in [0.2, 0.25) is 0 Å². The summed E-state index contributed by atoms with van der Waals surface area (Å²) in [7, 11) is 1.57. The molecule has 3 heterocycles. The van der Waals surface area contributed by atoms with E-state index >= 15 is 0 Å². The van der Waals surface area contributed by atoms with Gasteiger partial charge in [0.05, 0.1) is 13.2 Å². The zero-order valence-electron chi connectivity index (χ0n) is 17.1. The fourth-order valence-electron chi connectivity index (χ4n) is 3.74. The number of nitrogens with zero attached hydrogens (tertiary/aromatic N) is 5. The summed E-state index contributed by atoms with van der Waals surface area (Å²) in [6.45, 7) is 2.80. The van der Waals surface area contributed by atoms with E-state index in [0.717, 1.165) is 17.3 Å². The highest BCUT2D eigenvalue weighted by Gasteiger charge is 2.34. The van der Waals surface area contributed by atoms with Gasteiger partial charge in [0, 0.05) is 25.5 Å². The third kappa shape index (κ3) is 4.28. The number of hydrogen-bond donors (Lipinski definition) is 0. The van der Waals surface area contributed by atoms with E-state index in [-0.39, 0.29) is 11.9 Å². The molecule has 0 radical (unpaired) electrons. The predicted octanol–water partition coefficient (Wildman–Crippen LogP) is 3.88. The number of piperidine rings is 1. The molecule has 10 heteroatoms. The second-order valence-electron chi connectivity index (χ2n) is 7.52. The summed E-state index contributed by atoms with van der Waals surface area (Å²) in [5.74, 6) is 0.436. The number of benzene rings is 1. The molecule has 0 N–H and O–H groups in total. The van der Waals surface area contributed by atoms with E-state index in [1.807, 2.05) is 25.1 Å². The Morgan fingerprint density at radius 1 is 1.10 bits per heavy atom. The zero-order valence-corrected chi connectivity index (χ0v) is 17.1. The number of methoxy groups -OCH3 is 1. The van der Waals surface area contributed by atoms with Crippen LogP contribution in [0.15, 0.2) is 42.7 Å². The van der Waals surface area contributed by atoms with E-state index in [0.29, 0.717) is 37.4 Å². The highest BCUT2D eigenvalue weighted by Crippen LogP contribution is 2.30. The second kappa shape index (κ2) is 8.09. The molecule has 0 bridgehead atoms. The van der Waals surface area contributed by atoms with Crippen LogP contribution in [0.1, 0.15) is 40.6 Å².